The van der Waals surface area contributed by atoms with Crippen LogP contribution in [0.2, 0.25) is 0 Å². The summed E-state index contributed by atoms with van der Waals surface area (Å²) in [6, 6.07) is 1.03. The number of rotatable bonds is 9. The van der Waals surface area contributed by atoms with Crippen molar-refractivity contribution in [3.05, 3.63) is 35.5 Å². The SMILES string of the molecule is CCn1nccc1C(O)N[C@H](c1cn2nc(CC3C[C@@H](C(F)(F)F)CNC3=O)c(N3C[C@H]4C[C@@H]3CO4)nc2n1)C1CCC(F)(F)CC1. The minimum absolute atomic E-state index is 0.00456. The lowest BCUT2D eigenvalue weighted by Gasteiger charge is -2.34. The van der Waals surface area contributed by atoms with E-state index in [0.29, 0.717) is 42.6 Å². The number of nitrogens with one attached hydrogen (secondary N) is 2. The molecule has 0 radical (unpaired) electrons. The van der Waals surface area contributed by atoms with Gasteiger partial charge < -0.3 is 20.1 Å². The van der Waals surface area contributed by atoms with Gasteiger partial charge in [-0.15, -0.1) is 0 Å². The van der Waals surface area contributed by atoms with Crippen LogP contribution in [0.15, 0.2) is 18.5 Å². The summed E-state index contributed by atoms with van der Waals surface area (Å²) in [5.74, 6) is -5.48. The molecule has 1 aliphatic carbocycles. The van der Waals surface area contributed by atoms with E-state index in [4.69, 9.17) is 19.8 Å². The number of aliphatic hydroxyl groups is 1. The molecule has 3 aromatic heterocycles. The number of aryl methyl sites for hydroxylation is 1. The van der Waals surface area contributed by atoms with Gasteiger partial charge in [-0.3, -0.25) is 14.8 Å². The number of alkyl halides is 5. The first kappa shape index (κ1) is 32.1. The van der Waals surface area contributed by atoms with Crippen molar-refractivity contribution < 1.29 is 36.6 Å². The molecule has 3 aromatic rings. The number of halogens is 5. The normalized spacial score (nSPS) is 27.8. The molecule has 2 bridgehead atoms. The number of imidazole rings is 1. The Morgan fingerprint density at radius 1 is 1.21 bits per heavy atom. The van der Waals surface area contributed by atoms with Gasteiger partial charge in [0.25, 0.3) is 5.78 Å². The van der Waals surface area contributed by atoms with Crippen molar-refractivity contribution in [3.8, 4) is 0 Å². The molecule has 0 spiro atoms. The summed E-state index contributed by atoms with van der Waals surface area (Å²) >= 11 is 0. The summed E-state index contributed by atoms with van der Waals surface area (Å²) in [7, 11) is 0. The molecule has 2 unspecified atom stereocenters. The highest BCUT2D eigenvalue weighted by Gasteiger charge is 2.46. The fraction of sp³-hybridized carbons (Fsp3) is 0.700. The van der Waals surface area contributed by atoms with Crippen LogP contribution in [0.1, 0.15) is 74.8 Å². The van der Waals surface area contributed by atoms with Gasteiger partial charge in [0.05, 0.1) is 48.3 Å². The van der Waals surface area contributed by atoms with E-state index >= 15 is 0 Å². The zero-order valence-corrected chi connectivity index (χ0v) is 25.8. The number of carbonyl (C=O) groups is 1. The van der Waals surface area contributed by atoms with E-state index in [0.717, 1.165) is 6.42 Å². The van der Waals surface area contributed by atoms with Crippen LogP contribution in [-0.4, -0.2) is 84.3 Å². The molecule has 6 atom stereocenters. The van der Waals surface area contributed by atoms with Crippen molar-refractivity contribution in [2.45, 2.75) is 94.9 Å². The fourth-order valence-electron chi connectivity index (χ4n) is 7.55. The number of hydrogen-bond donors (Lipinski definition) is 3. The Balaban J connectivity index is 1.24. The number of morpholine rings is 1. The van der Waals surface area contributed by atoms with Crippen LogP contribution in [-0.2, 0) is 22.5 Å². The topological polar surface area (TPSA) is 135 Å². The van der Waals surface area contributed by atoms with Crippen molar-refractivity contribution in [2.75, 3.05) is 24.6 Å². The maximum atomic E-state index is 14.2. The fourth-order valence-corrected chi connectivity index (χ4v) is 7.55. The van der Waals surface area contributed by atoms with Gasteiger partial charge in [0.1, 0.15) is 11.9 Å². The number of ether oxygens (including phenoxy) is 1. The Labute approximate surface area is 267 Å². The summed E-state index contributed by atoms with van der Waals surface area (Å²) in [6.45, 7) is 2.94. The van der Waals surface area contributed by atoms with E-state index < -0.39 is 48.7 Å². The lowest BCUT2D eigenvalue weighted by molar-refractivity contribution is -0.183. The highest BCUT2D eigenvalue weighted by atomic mass is 19.4. The Morgan fingerprint density at radius 2 is 2.00 bits per heavy atom. The molecule has 1 amide bonds. The van der Waals surface area contributed by atoms with E-state index in [2.05, 4.69) is 15.7 Å². The number of carbonyl (C=O) groups excluding carboxylic acids is 1. The molecule has 0 aromatic carbocycles. The van der Waals surface area contributed by atoms with Gasteiger partial charge in [-0.2, -0.15) is 28.4 Å². The second-order valence-corrected chi connectivity index (χ2v) is 13.2. The maximum Gasteiger partial charge on any atom is 0.393 e. The highest BCUT2D eigenvalue weighted by Crippen LogP contribution is 2.42. The van der Waals surface area contributed by atoms with E-state index in [1.54, 1.807) is 23.1 Å². The highest BCUT2D eigenvalue weighted by molar-refractivity contribution is 5.80. The summed E-state index contributed by atoms with van der Waals surface area (Å²) in [5.41, 5.74) is 1.31. The summed E-state index contributed by atoms with van der Waals surface area (Å²) < 4.78 is 78.1. The van der Waals surface area contributed by atoms with E-state index in [1.165, 1.54) is 4.52 Å². The Hall–Kier alpha value is -3.44. The summed E-state index contributed by atoms with van der Waals surface area (Å²) in [4.78, 5) is 24.4. The molecule has 17 heteroatoms. The van der Waals surface area contributed by atoms with Crippen LogP contribution in [0.25, 0.3) is 5.78 Å². The molecule has 4 fully saturated rings. The molecule has 4 aliphatic rings. The number of amides is 1. The van der Waals surface area contributed by atoms with E-state index in [-0.39, 0.29) is 62.4 Å². The molecule has 3 aliphatic heterocycles. The molecule has 1 saturated carbocycles. The van der Waals surface area contributed by atoms with Gasteiger partial charge >= 0.3 is 6.18 Å². The second kappa shape index (κ2) is 12.2. The first-order valence-corrected chi connectivity index (χ1v) is 16.2. The van der Waals surface area contributed by atoms with Gasteiger partial charge in [0, 0.05) is 51.0 Å². The maximum absolute atomic E-state index is 14.2. The average Bonchev–Trinajstić information content (AvgIpc) is 3.84. The average molecular weight is 668 g/mol. The van der Waals surface area contributed by atoms with Crippen molar-refractivity contribution >= 4 is 17.5 Å². The lowest BCUT2D eigenvalue weighted by Crippen LogP contribution is -2.47. The van der Waals surface area contributed by atoms with Crippen molar-refractivity contribution in [1.82, 2.24) is 40.0 Å². The number of hydrogen-bond acceptors (Lipinski definition) is 9. The van der Waals surface area contributed by atoms with Crippen LogP contribution in [0, 0.1) is 17.8 Å². The molecule has 3 N–H and O–H groups in total. The summed E-state index contributed by atoms with van der Waals surface area (Å²) in [6.07, 6.45) is -2.27. The molecule has 256 valence electrons. The minimum Gasteiger partial charge on any atom is -0.374 e. The monoisotopic (exact) mass is 667 g/mol. The zero-order valence-electron chi connectivity index (χ0n) is 25.8. The number of aromatic nitrogens is 6. The van der Waals surface area contributed by atoms with Crippen LogP contribution in [0.3, 0.4) is 0 Å². The van der Waals surface area contributed by atoms with Gasteiger partial charge in [-0.25, -0.2) is 18.3 Å². The third-order valence-corrected chi connectivity index (χ3v) is 10.1. The Kier molecular flexibility index (Phi) is 8.35. The number of anilines is 1. The van der Waals surface area contributed by atoms with Crippen LogP contribution in [0.5, 0.6) is 0 Å². The molecule has 7 rings (SSSR count). The predicted molar refractivity (Wildman–Crippen MR) is 156 cm³/mol. The van der Waals surface area contributed by atoms with Crippen molar-refractivity contribution in [2.24, 2.45) is 17.8 Å². The quantitative estimate of drug-likeness (QED) is 0.232. The number of nitrogens with zero attached hydrogens (tertiary/aromatic N) is 7. The first-order chi connectivity index (χ1) is 22.4. The predicted octanol–water partition coefficient (Wildman–Crippen LogP) is 3.32. The number of fused-ring (bicyclic) bond motifs is 3. The van der Waals surface area contributed by atoms with E-state index in [1.807, 2.05) is 11.8 Å². The van der Waals surface area contributed by atoms with Gasteiger partial charge in [-0.05, 0) is 44.6 Å². The largest absolute Gasteiger partial charge is 0.393 e. The third-order valence-electron chi connectivity index (χ3n) is 10.1. The summed E-state index contributed by atoms with van der Waals surface area (Å²) in [5, 5.41) is 25.8. The zero-order chi connectivity index (χ0) is 33.1. The molecule has 47 heavy (non-hydrogen) atoms. The third kappa shape index (κ3) is 6.40. The molecular formula is C30H38F5N9O3. The van der Waals surface area contributed by atoms with E-state index in [9.17, 15) is 31.9 Å². The van der Waals surface area contributed by atoms with Crippen LogP contribution < -0.4 is 15.5 Å². The number of aliphatic hydroxyl groups excluding tert-OH is 1. The Morgan fingerprint density at radius 3 is 2.68 bits per heavy atom. The molecule has 6 heterocycles. The molecule has 12 nitrogen and oxygen atoms in total. The van der Waals surface area contributed by atoms with Gasteiger partial charge in [0.15, 0.2) is 5.82 Å². The van der Waals surface area contributed by atoms with Gasteiger partial charge in [0.2, 0.25) is 11.8 Å². The van der Waals surface area contributed by atoms with Crippen molar-refractivity contribution in [1.29, 1.82) is 0 Å². The molecule has 3 saturated heterocycles. The standard InChI is InChI=1S/C30H38F5N9O3/c1-2-43-23(5-8-37-43)27(46)39-24(16-3-6-29(31,32)7-4-16)22-14-44-28(38-22)40-25(42-13-20-11-19(42)15-47-20)21(41-44)10-17-9-18(30(33,34)35)12-36-26(17)45/h5,8,14,16-20,24,27,39,46H,2-4,6-7,9-13,15H2,1H3,(H,36,45)/t17?,18-,19-,20-,24+,27?/m1/s1. The smallest absolute Gasteiger partial charge is 0.374 e. The lowest BCUT2D eigenvalue weighted by atomic mass is 9.81. The second-order valence-electron chi connectivity index (χ2n) is 13.2. The van der Waals surface area contributed by atoms with Crippen LogP contribution in [0.4, 0.5) is 27.8 Å². The molecular weight excluding hydrogens is 629 g/mol. The minimum atomic E-state index is -4.44. The van der Waals surface area contributed by atoms with Gasteiger partial charge in [-0.1, -0.05) is 0 Å². The first-order valence-electron chi connectivity index (χ1n) is 16.2. The Bertz CT molecular complexity index is 1600. The van der Waals surface area contributed by atoms with Crippen LogP contribution >= 0.6 is 0 Å². The van der Waals surface area contributed by atoms with Crippen molar-refractivity contribution in [3.63, 3.8) is 0 Å². The number of piperidine rings is 1.